The van der Waals surface area contributed by atoms with Crippen LogP contribution in [0.15, 0.2) is 186 Å². The molecule has 0 amide bonds. The average Bonchev–Trinajstić information content (AvgIpc) is 3.65. The van der Waals surface area contributed by atoms with Crippen molar-refractivity contribution in [1.82, 2.24) is 29.9 Å². The standard InChI is InChI=1S/C48H30N6O/c1-5-15-31(16-6-1)43-49-44(32-17-7-2-8-18-32)52-47(51-43)36-26-28-39(40(29-36)35-25-27-38-37-23-13-14-24-41(37)55-42(38)30-35)48-53-45(33-19-9-3-10-20-33)50-46(54-48)34-21-11-4-12-22-34/h1-30H. The predicted octanol–water partition coefficient (Wildman–Crippen LogP) is 11.6. The summed E-state index contributed by atoms with van der Waals surface area (Å²) in [6, 6.07) is 60.7. The van der Waals surface area contributed by atoms with Crippen molar-refractivity contribution in [2.75, 3.05) is 0 Å². The van der Waals surface area contributed by atoms with Gasteiger partial charge in [0, 0.05) is 44.2 Å². The van der Waals surface area contributed by atoms with Crippen molar-refractivity contribution >= 4 is 21.9 Å². The van der Waals surface area contributed by atoms with Gasteiger partial charge in [-0.25, -0.2) is 29.9 Å². The van der Waals surface area contributed by atoms with Gasteiger partial charge in [0.25, 0.3) is 0 Å². The summed E-state index contributed by atoms with van der Waals surface area (Å²) in [6.07, 6.45) is 0. The second kappa shape index (κ2) is 13.7. The molecule has 0 aliphatic heterocycles. The zero-order valence-corrected chi connectivity index (χ0v) is 29.4. The summed E-state index contributed by atoms with van der Waals surface area (Å²) in [4.78, 5) is 30.2. The molecule has 0 radical (unpaired) electrons. The Morgan fingerprint density at radius 2 is 0.655 bits per heavy atom. The van der Waals surface area contributed by atoms with E-state index >= 15 is 0 Å². The molecule has 3 heterocycles. The average molecular weight is 707 g/mol. The van der Waals surface area contributed by atoms with E-state index in [0.29, 0.717) is 34.9 Å². The van der Waals surface area contributed by atoms with Gasteiger partial charge in [-0.1, -0.05) is 152 Å². The van der Waals surface area contributed by atoms with Crippen LogP contribution in [0.25, 0.3) is 101 Å². The molecule has 3 aromatic heterocycles. The molecule has 0 aliphatic rings. The number of rotatable bonds is 7. The van der Waals surface area contributed by atoms with E-state index in [1.54, 1.807) is 0 Å². The molecular weight excluding hydrogens is 677 g/mol. The van der Waals surface area contributed by atoms with Crippen molar-refractivity contribution in [3.05, 3.63) is 182 Å². The van der Waals surface area contributed by atoms with Crippen molar-refractivity contribution < 1.29 is 4.42 Å². The van der Waals surface area contributed by atoms with Crippen molar-refractivity contribution in [3.8, 4) is 79.5 Å². The van der Waals surface area contributed by atoms with Gasteiger partial charge in [-0.3, -0.25) is 0 Å². The molecule has 0 fully saturated rings. The van der Waals surface area contributed by atoms with Gasteiger partial charge in [-0.15, -0.1) is 0 Å². The minimum atomic E-state index is 0.546. The largest absolute Gasteiger partial charge is 0.456 e. The minimum absolute atomic E-state index is 0.546. The van der Waals surface area contributed by atoms with E-state index in [1.165, 1.54) is 0 Å². The maximum Gasteiger partial charge on any atom is 0.164 e. The molecule has 0 aliphatic carbocycles. The Hall–Kier alpha value is -7.64. The summed E-state index contributed by atoms with van der Waals surface area (Å²) < 4.78 is 6.38. The smallest absolute Gasteiger partial charge is 0.164 e. The fourth-order valence-electron chi connectivity index (χ4n) is 6.88. The third-order valence-corrected chi connectivity index (χ3v) is 9.61. The molecule has 10 rings (SSSR count). The van der Waals surface area contributed by atoms with E-state index in [4.69, 9.17) is 34.3 Å². The Morgan fingerprint density at radius 1 is 0.255 bits per heavy atom. The lowest BCUT2D eigenvalue weighted by Gasteiger charge is -2.14. The Balaban J connectivity index is 1.21. The Morgan fingerprint density at radius 3 is 1.16 bits per heavy atom. The van der Waals surface area contributed by atoms with Crippen LogP contribution in [-0.4, -0.2) is 29.9 Å². The first-order chi connectivity index (χ1) is 27.2. The lowest BCUT2D eigenvalue weighted by Crippen LogP contribution is -2.02. The van der Waals surface area contributed by atoms with Gasteiger partial charge in [-0.2, -0.15) is 0 Å². The molecule has 0 atom stereocenters. The number of furan rings is 1. The molecule has 0 saturated heterocycles. The molecule has 258 valence electrons. The molecule has 0 spiro atoms. The first-order valence-electron chi connectivity index (χ1n) is 18.0. The Bertz CT molecular complexity index is 2850. The quantitative estimate of drug-likeness (QED) is 0.163. The maximum absolute atomic E-state index is 6.38. The second-order valence-corrected chi connectivity index (χ2v) is 13.1. The lowest BCUT2D eigenvalue weighted by molar-refractivity contribution is 0.669. The van der Waals surface area contributed by atoms with E-state index in [1.807, 2.05) is 146 Å². The number of benzene rings is 7. The summed E-state index contributed by atoms with van der Waals surface area (Å²) in [5, 5.41) is 2.12. The van der Waals surface area contributed by atoms with E-state index in [-0.39, 0.29) is 0 Å². The van der Waals surface area contributed by atoms with E-state index < -0.39 is 0 Å². The van der Waals surface area contributed by atoms with Crippen molar-refractivity contribution in [1.29, 1.82) is 0 Å². The maximum atomic E-state index is 6.38. The van der Waals surface area contributed by atoms with Crippen molar-refractivity contribution in [2.45, 2.75) is 0 Å². The van der Waals surface area contributed by atoms with E-state index in [2.05, 4.69) is 36.4 Å². The van der Waals surface area contributed by atoms with Gasteiger partial charge in [0.05, 0.1) is 0 Å². The fraction of sp³-hybridized carbons (Fsp3) is 0. The molecule has 55 heavy (non-hydrogen) atoms. The number of hydrogen-bond acceptors (Lipinski definition) is 7. The highest BCUT2D eigenvalue weighted by atomic mass is 16.3. The normalized spacial score (nSPS) is 11.3. The third-order valence-electron chi connectivity index (χ3n) is 9.61. The zero-order chi connectivity index (χ0) is 36.6. The topological polar surface area (TPSA) is 90.5 Å². The minimum Gasteiger partial charge on any atom is -0.456 e. The molecule has 7 heteroatoms. The number of fused-ring (bicyclic) bond motifs is 3. The van der Waals surface area contributed by atoms with Crippen LogP contribution in [0.5, 0.6) is 0 Å². The molecule has 0 unspecified atom stereocenters. The number of nitrogens with zero attached hydrogens (tertiary/aromatic N) is 6. The van der Waals surface area contributed by atoms with Gasteiger partial charge >= 0.3 is 0 Å². The lowest BCUT2D eigenvalue weighted by atomic mass is 9.95. The number of aromatic nitrogens is 6. The number of para-hydroxylation sites is 1. The van der Waals surface area contributed by atoms with Gasteiger partial charge in [-0.05, 0) is 41.5 Å². The monoisotopic (exact) mass is 706 g/mol. The fourth-order valence-corrected chi connectivity index (χ4v) is 6.88. The van der Waals surface area contributed by atoms with Crippen molar-refractivity contribution in [2.24, 2.45) is 0 Å². The van der Waals surface area contributed by atoms with Gasteiger partial charge in [0.1, 0.15) is 11.2 Å². The van der Waals surface area contributed by atoms with Gasteiger partial charge in [0.2, 0.25) is 0 Å². The van der Waals surface area contributed by atoms with E-state index in [9.17, 15) is 0 Å². The van der Waals surface area contributed by atoms with Crippen LogP contribution in [0.3, 0.4) is 0 Å². The SMILES string of the molecule is c1ccc(-c2nc(-c3ccccc3)nc(-c3ccc(-c4nc(-c5ccccc5)nc(-c5ccccc5)n4)c(-c4ccc5c(c4)oc4ccccc45)c3)n2)cc1. The van der Waals surface area contributed by atoms with Crippen LogP contribution in [0.1, 0.15) is 0 Å². The summed E-state index contributed by atoms with van der Waals surface area (Å²) >= 11 is 0. The molecule has 7 aromatic carbocycles. The highest BCUT2D eigenvalue weighted by molar-refractivity contribution is 6.06. The zero-order valence-electron chi connectivity index (χ0n) is 29.4. The summed E-state index contributed by atoms with van der Waals surface area (Å²) in [7, 11) is 0. The first-order valence-corrected chi connectivity index (χ1v) is 18.0. The molecule has 0 saturated carbocycles. The van der Waals surface area contributed by atoms with Crippen LogP contribution in [0.4, 0.5) is 0 Å². The number of hydrogen-bond donors (Lipinski definition) is 0. The molecule has 0 N–H and O–H groups in total. The van der Waals surface area contributed by atoms with Crippen LogP contribution in [-0.2, 0) is 0 Å². The van der Waals surface area contributed by atoms with Crippen LogP contribution in [0, 0.1) is 0 Å². The van der Waals surface area contributed by atoms with Crippen LogP contribution >= 0.6 is 0 Å². The van der Waals surface area contributed by atoms with Gasteiger partial charge in [0.15, 0.2) is 34.9 Å². The first kappa shape index (κ1) is 32.0. The van der Waals surface area contributed by atoms with Crippen LogP contribution in [0.2, 0.25) is 0 Å². The summed E-state index contributed by atoms with van der Waals surface area (Å²) in [6.45, 7) is 0. The van der Waals surface area contributed by atoms with E-state index in [0.717, 1.165) is 66.4 Å². The second-order valence-electron chi connectivity index (χ2n) is 13.1. The molecule has 10 aromatic rings. The van der Waals surface area contributed by atoms with Gasteiger partial charge < -0.3 is 4.42 Å². The molecular formula is C48H30N6O. The molecule has 7 nitrogen and oxygen atoms in total. The molecule has 0 bridgehead atoms. The highest BCUT2D eigenvalue weighted by Gasteiger charge is 2.20. The highest BCUT2D eigenvalue weighted by Crippen LogP contribution is 2.39. The Kier molecular flexibility index (Phi) is 8.00. The van der Waals surface area contributed by atoms with Crippen molar-refractivity contribution in [3.63, 3.8) is 0 Å². The predicted molar refractivity (Wildman–Crippen MR) is 219 cm³/mol. The van der Waals surface area contributed by atoms with Crippen LogP contribution < -0.4 is 0 Å². The summed E-state index contributed by atoms with van der Waals surface area (Å²) in [5.74, 6) is 3.46. The third kappa shape index (κ3) is 6.19. The Labute approximate surface area is 316 Å². The summed E-state index contributed by atoms with van der Waals surface area (Å²) in [5.41, 5.74) is 8.72.